The Labute approximate surface area is 108 Å². The Bertz CT molecular complexity index is 291. The Balaban J connectivity index is 1.87. The molecule has 5 nitrogen and oxygen atoms in total. The van der Waals surface area contributed by atoms with Crippen LogP contribution < -0.4 is 0 Å². The van der Waals surface area contributed by atoms with Crippen LogP contribution in [-0.4, -0.2) is 56.1 Å². The molecule has 1 aliphatic carbocycles. The van der Waals surface area contributed by atoms with Gasteiger partial charge in [0, 0.05) is 33.0 Å². The van der Waals surface area contributed by atoms with Crippen LogP contribution in [0.5, 0.6) is 0 Å². The number of amides is 1. The minimum Gasteiger partial charge on any atom is -0.372 e. The fraction of sp³-hybridized carbons (Fsp3) is 0.923. The van der Waals surface area contributed by atoms with Crippen molar-refractivity contribution in [3.05, 3.63) is 0 Å². The zero-order valence-electron chi connectivity index (χ0n) is 11.5. The zero-order chi connectivity index (χ0) is 13.2. The fourth-order valence-electron chi connectivity index (χ4n) is 2.78. The van der Waals surface area contributed by atoms with Crippen molar-refractivity contribution in [1.29, 1.82) is 0 Å². The summed E-state index contributed by atoms with van der Waals surface area (Å²) in [4.78, 5) is 13.8. The Hall–Kier alpha value is -0.650. The van der Waals surface area contributed by atoms with Gasteiger partial charge >= 0.3 is 0 Å². The van der Waals surface area contributed by atoms with Crippen LogP contribution in [0.1, 0.15) is 32.6 Å². The third kappa shape index (κ3) is 2.68. The molecule has 104 valence electrons. The minimum atomic E-state index is -0.370. The number of likely N-dealkylation sites (N-methyl/N-ethyl adjacent to an activating group) is 1. The first-order valence-corrected chi connectivity index (χ1v) is 6.65. The van der Waals surface area contributed by atoms with Crippen molar-refractivity contribution < 1.29 is 19.0 Å². The van der Waals surface area contributed by atoms with Gasteiger partial charge in [0.25, 0.3) is 5.91 Å². The molecule has 0 radical (unpaired) electrons. The lowest BCUT2D eigenvalue weighted by Gasteiger charge is -2.39. The van der Waals surface area contributed by atoms with Gasteiger partial charge in [-0.05, 0) is 19.8 Å². The number of hydrogen-bond donors (Lipinski definition) is 0. The molecule has 2 fully saturated rings. The van der Waals surface area contributed by atoms with Crippen LogP contribution in [-0.2, 0) is 19.0 Å². The second kappa shape index (κ2) is 5.55. The smallest absolute Gasteiger partial charge is 0.251 e. The number of nitrogens with zero attached hydrogens (tertiary/aromatic N) is 1. The van der Waals surface area contributed by atoms with Crippen molar-refractivity contribution >= 4 is 5.91 Å². The van der Waals surface area contributed by atoms with Gasteiger partial charge in [0.2, 0.25) is 0 Å². The summed E-state index contributed by atoms with van der Waals surface area (Å²) in [5.41, 5.74) is 0. The van der Waals surface area contributed by atoms with Gasteiger partial charge in [-0.2, -0.15) is 0 Å². The molecular formula is C13H23NO4. The highest BCUT2D eigenvalue weighted by molar-refractivity contribution is 5.80. The number of methoxy groups -OCH3 is 1. The summed E-state index contributed by atoms with van der Waals surface area (Å²) in [5, 5.41) is 0. The van der Waals surface area contributed by atoms with E-state index in [1.165, 1.54) is 0 Å². The molecule has 0 N–H and O–H groups in total. The van der Waals surface area contributed by atoms with Gasteiger partial charge in [-0.3, -0.25) is 4.79 Å². The number of ether oxygens (including phenoxy) is 3. The number of rotatable bonds is 3. The highest BCUT2D eigenvalue weighted by atomic mass is 16.7. The van der Waals surface area contributed by atoms with Crippen molar-refractivity contribution in [2.75, 3.05) is 27.4 Å². The quantitative estimate of drug-likeness (QED) is 0.761. The SMILES string of the molecule is COC(C)C(=O)N(C)C1CCC2(CC1)OCCO2. The Kier molecular flexibility index (Phi) is 4.25. The number of hydrogen-bond acceptors (Lipinski definition) is 4. The van der Waals surface area contributed by atoms with Crippen molar-refractivity contribution in [1.82, 2.24) is 4.90 Å². The molecule has 1 amide bonds. The molecular weight excluding hydrogens is 234 g/mol. The molecule has 1 saturated heterocycles. The van der Waals surface area contributed by atoms with E-state index in [4.69, 9.17) is 14.2 Å². The van der Waals surface area contributed by atoms with Gasteiger partial charge in [-0.1, -0.05) is 0 Å². The molecule has 18 heavy (non-hydrogen) atoms. The molecule has 2 aliphatic rings. The topological polar surface area (TPSA) is 48.0 Å². The summed E-state index contributed by atoms with van der Waals surface area (Å²) in [6.45, 7) is 3.17. The monoisotopic (exact) mass is 257 g/mol. The Morgan fingerprint density at radius 1 is 1.33 bits per heavy atom. The lowest BCUT2D eigenvalue weighted by molar-refractivity contribution is -0.185. The van der Waals surface area contributed by atoms with Gasteiger partial charge in [-0.15, -0.1) is 0 Å². The molecule has 0 bridgehead atoms. The normalized spacial score (nSPS) is 25.3. The molecule has 1 aliphatic heterocycles. The van der Waals surface area contributed by atoms with Crippen molar-refractivity contribution in [3.63, 3.8) is 0 Å². The van der Waals surface area contributed by atoms with E-state index in [0.29, 0.717) is 13.2 Å². The van der Waals surface area contributed by atoms with Gasteiger partial charge in [0.05, 0.1) is 13.2 Å². The van der Waals surface area contributed by atoms with Gasteiger partial charge < -0.3 is 19.1 Å². The van der Waals surface area contributed by atoms with Crippen LogP contribution in [0.25, 0.3) is 0 Å². The molecule has 1 atom stereocenters. The summed E-state index contributed by atoms with van der Waals surface area (Å²) in [6, 6.07) is 0.272. The van der Waals surface area contributed by atoms with Crippen LogP contribution >= 0.6 is 0 Å². The second-order valence-corrected chi connectivity index (χ2v) is 5.17. The first kappa shape index (κ1) is 13.8. The lowest BCUT2D eigenvalue weighted by atomic mass is 9.89. The van der Waals surface area contributed by atoms with E-state index in [9.17, 15) is 4.79 Å². The molecule has 5 heteroatoms. The third-order valence-electron chi connectivity index (χ3n) is 4.13. The zero-order valence-corrected chi connectivity index (χ0v) is 11.5. The minimum absolute atomic E-state index is 0.0479. The number of carbonyl (C=O) groups excluding carboxylic acids is 1. The standard InChI is InChI=1S/C13H23NO4/c1-10(16-3)12(15)14(2)11-4-6-13(7-5-11)17-8-9-18-13/h10-11H,4-9H2,1-3H3. The Morgan fingerprint density at radius 3 is 2.39 bits per heavy atom. The fourth-order valence-corrected chi connectivity index (χ4v) is 2.78. The van der Waals surface area contributed by atoms with Gasteiger partial charge in [0.1, 0.15) is 6.10 Å². The van der Waals surface area contributed by atoms with Crippen LogP contribution in [0.3, 0.4) is 0 Å². The summed E-state index contributed by atoms with van der Waals surface area (Å²) in [5.74, 6) is -0.306. The molecule has 1 unspecified atom stereocenters. The van der Waals surface area contributed by atoms with Crippen LogP contribution in [0.4, 0.5) is 0 Å². The van der Waals surface area contributed by atoms with E-state index in [1.54, 1.807) is 14.0 Å². The average Bonchev–Trinajstić information content (AvgIpc) is 2.85. The van der Waals surface area contributed by atoms with Gasteiger partial charge in [-0.25, -0.2) is 0 Å². The first-order valence-electron chi connectivity index (χ1n) is 6.65. The molecule has 1 saturated carbocycles. The summed E-state index contributed by atoms with van der Waals surface area (Å²) < 4.78 is 16.5. The van der Waals surface area contributed by atoms with Crippen molar-refractivity contribution in [2.24, 2.45) is 0 Å². The van der Waals surface area contributed by atoms with E-state index in [-0.39, 0.29) is 23.8 Å². The maximum atomic E-state index is 12.0. The summed E-state index contributed by atoms with van der Waals surface area (Å²) in [7, 11) is 3.42. The first-order chi connectivity index (χ1) is 8.58. The molecule has 1 heterocycles. The molecule has 2 rings (SSSR count). The third-order valence-corrected chi connectivity index (χ3v) is 4.13. The van der Waals surface area contributed by atoms with E-state index >= 15 is 0 Å². The molecule has 1 spiro atoms. The maximum absolute atomic E-state index is 12.0. The van der Waals surface area contributed by atoms with Crippen LogP contribution in [0.2, 0.25) is 0 Å². The number of carbonyl (C=O) groups is 1. The molecule has 0 aromatic carbocycles. The van der Waals surface area contributed by atoms with E-state index in [2.05, 4.69) is 0 Å². The highest BCUT2D eigenvalue weighted by Crippen LogP contribution is 2.37. The molecule has 0 aromatic heterocycles. The predicted molar refractivity (Wildman–Crippen MR) is 66.1 cm³/mol. The average molecular weight is 257 g/mol. The lowest BCUT2D eigenvalue weighted by Crippen LogP contribution is -2.47. The largest absolute Gasteiger partial charge is 0.372 e. The van der Waals surface area contributed by atoms with Crippen molar-refractivity contribution in [3.8, 4) is 0 Å². The van der Waals surface area contributed by atoms with E-state index in [0.717, 1.165) is 25.7 Å². The van der Waals surface area contributed by atoms with Crippen LogP contribution in [0, 0.1) is 0 Å². The summed E-state index contributed by atoms with van der Waals surface area (Å²) >= 11 is 0. The Morgan fingerprint density at radius 2 is 1.89 bits per heavy atom. The summed E-state index contributed by atoms with van der Waals surface area (Å²) in [6.07, 6.45) is 3.23. The predicted octanol–water partition coefficient (Wildman–Crippen LogP) is 1.17. The van der Waals surface area contributed by atoms with E-state index in [1.807, 2.05) is 11.9 Å². The van der Waals surface area contributed by atoms with E-state index < -0.39 is 0 Å². The van der Waals surface area contributed by atoms with Crippen LogP contribution in [0.15, 0.2) is 0 Å². The van der Waals surface area contributed by atoms with Crippen molar-refractivity contribution in [2.45, 2.75) is 50.5 Å². The van der Waals surface area contributed by atoms with Gasteiger partial charge in [0.15, 0.2) is 5.79 Å². The maximum Gasteiger partial charge on any atom is 0.251 e. The second-order valence-electron chi connectivity index (χ2n) is 5.17. The highest BCUT2D eigenvalue weighted by Gasteiger charge is 2.41. The molecule has 0 aromatic rings.